The molecule has 1 amide bonds. The van der Waals surface area contributed by atoms with Crippen LogP contribution in [0, 0.1) is 6.92 Å². The van der Waals surface area contributed by atoms with E-state index in [9.17, 15) is 4.79 Å². The molecule has 0 bridgehead atoms. The minimum Gasteiger partial charge on any atom is -0.300 e. The summed E-state index contributed by atoms with van der Waals surface area (Å²) < 4.78 is 1.84. The van der Waals surface area contributed by atoms with E-state index in [2.05, 4.69) is 10.3 Å². The van der Waals surface area contributed by atoms with Crippen LogP contribution in [0.4, 0.5) is 5.69 Å². The number of benzene rings is 3. The number of nitrogens with zero attached hydrogens (tertiary/aromatic N) is 3. The minimum absolute atomic E-state index is 0.159. The molecule has 1 N–H and O–H groups in total. The number of hydrogen-bond donors (Lipinski definition) is 1. The second-order valence-corrected chi connectivity index (χ2v) is 8.43. The number of nitrogens with one attached hydrogen (secondary N) is 1. The van der Waals surface area contributed by atoms with Gasteiger partial charge in [-0.15, -0.1) is 0 Å². The zero-order valence-corrected chi connectivity index (χ0v) is 18.2. The molecule has 1 fully saturated rings. The van der Waals surface area contributed by atoms with Crippen LogP contribution >= 0.6 is 11.8 Å². The largest absolute Gasteiger partial charge is 0.300 e. The van der Waals surface area contributed by atoms with Crippen molar-refractivity contribution in [2.75, 3.05) is 0 Å². The molecule has 1 aliphatic rings. The highest BCUT2D eigenvalue weighted by Gasteiger charge is 2.25. The summed E-state index contributed by atoms with van der Waals surface area (Å²) in [4.78, 5) is 17.8. The molecule has 0 spiro atoms. The topological polar surface area (TPSA) is 59.3 Å². The zero-order chi connectivity index (χ0) is 21.9. The fourth-order valence-electron chi connectivity index (χ4n) is 3.46. The third-order valence-corrected chi connectivity index (χ3v) is 5.89. The summed E-state index contributed by atoms with van der Waals surface area (Å²) in [6.45, 7) is 2.02. The van der Waals surface area contributed by atoms with E-state index < -0.39 is 0 Å². The number of carbonyl (C=O) groups is 1. The van der Waals surface area contributed by atoms with Crippen LogP contribution in [0.25, 0.3) is 23.0 Å². The minimum atomic E-state index is -0.159. The number of amidine groups is 1. The first-order chi connectivity index (χ1) is 15.7. The number of thioether (sulfide) groups is 1. The standard InChI is InChI=1S/C26H20N4OS/c1-18-9-8-12-21(15-18)27-26-28-25(31)23(32-26)16-20-17-30(22-13-6-3-7-14-22)29-24(20)19-10-4-2-5-11-19/h2-17H,1H3,(H,27,28,31)/b23-16+. The number of aromatic nitrogens is 2. The predicted molar refractivity (Wildman–Crippen MR) is 131 cm³/mol. The molecule has 5 rings (SSSR count). The molecule has 1 saturated heterocycles. The summed E-state index contributed by atoms with van der Waals surface area (Å²) in [7, 11) is 0. The van der Waals surface area contributed by atoms with Crippen molar-refractivity contribution in [3.8, 4) is 16.9 Å². The van der Waals surface area contributed by atoms with Gasteiger partial charge in [-0.25, -0.2) is 9.67 Å². The van der Waals surface area contributed by atoms with E-state index in [4.69, 9.17) is 5.10 Å². The second kappa shape index (κ2) is 8.69. The van der Waals surface area contributed by atoms with Gasteiger partial charge in [-0.2, -0.15) is 5.10 Å². The van der Waals surface area contributed by atoms with E-state index in [-0.39, 0.29) is 5.91 Å². The highest BCUT2D eigenvalue weighted by molar-refractivity contribution is 8.18. The Labute approximate surface area is 190 Å². The Morgan fingerprint density at radius 2 is 1.72 bits per heavy atom. The Kier molecular flexibility index (Phi) is 5.44. The van der Waals surface area contributed by atoms with Gasteiger partial charge in [0.25, 0.3) is 5.91 Å². The Hall–Kier alpha value is -3.90. The first-order valence-corrected chi connectivity index (χ1v) is 11.0. The average Bonchev–Trinajstić information content (AvgIpc) is 3.38. The molecule has 0 unspecified atom stereocenters. The molecule has 156 valence electrons. The highest BCUT2D eigenvalue weighted by Crippen LogP contribution is 2.31. The zero-order valence-electron chi connectivity index (χ0n) is 17.4. The van der Waals surface area contributed by atoms with Crippen LogP contribution in [-0.4, -0.2) is 20.9 Å². The summed E-state index contributed by atoms with van der Waals surface area (Å²) >= 11 is 1.34. The van der Waals surface area contributed by atoms with Gasteiger partial charge in [0.2, 0.25) is 0 Å². The summed E-state index contributed by atoms with van der Waals surface area (Å²) in [6.07, 6.45) is 3.84. The Morgan fingerprint density at radius 1 is 0.969 bits per heavy atom. The van der Waals surface area contributed by atoms with Crippen molar-refractivity contribution >= 4 is 34.6 Å². The van der Waals surface area contributed by atoms with Crippen molar-refractivity contribution in [3.63, 3.8) is 0 Å². The fraction of sp³-hybridized carbons (Fsp3) is 0.0385. The van der Waals surface area contributed by atoms with E-state index in [0.29, 0.717) is 10.1 Å². The van der Waals surface area contributed by atoms with Crippen LogP contribution in [0.3, 0.4) is 0 Å². The van der Waals surface area contributed by atoms with Crippen molar-refractivity contribution in [1.82, 2.24) is 15.1 Å². The van der Waals surface area contributed by atoms with Gasteiger partial charge in [0.1, 0.15) is 0 Å². The number of aliphatic imine (C=N–C) groups is 1. The maximum absolute atomic E-state index is 12.7. The van der Waals surface area contributed by atoms with Gasteiger partial charge >= 0.3 is 0 Å². The summed E-state index contributed by atoms with van der Waals surface area (Å²) in [6, 6.07) is 27.8. The third kappa shape index (κ3) is 4.26. The molecule has 5 nitrogen and oxygen atoms in total. The van der Waals surface area contributed by atoms with Gasteiger partial charge < -0.3 is 5.32 Å². The number of rotatable bonds is 4. The molecule has 0 saturated carbocycles. The molecule has 1 aromatic heterocycles. The highest BCUT2D eigenvalue weighted by atomic mass is 32.2. The molecule has 0 atom stereocenters. The lowest BCUT2D eigenvalue weighted by molar-refractivity contribution is -0.115. The average molecular weight is 437 g/mol. The molecule has 0 radical (unpaired) electrons. The van der Waals surface area contributed by atoms with E-state index in [0.717, 1.165) is 33.8 Å². The number of para-hydroxylation sites is 1. The lowest BCUT2D eigenvalue weighted by Gasteiger charge is -2.00. The van der Waals surface area contributed by atoms with Crippen LogP contribution in [0.5, 0.6) is 0 Å². The number of aryl methyl sites for hydroxylation is 1. The molecule has 1 aliphatic heterocycles. The van der Waals surface area contributed by atoms with Gasteiger partial charge in [0.15, 0.2) is 5.17 Å². The smallest absolute Gasteiger partial charge is 0.264 e. The molecule has 32 heavy (non-hydrogen) atoms. The lowest BCUT2D eigenvalue weighted by atomic mass is 10.1. The van der Waals surface area contributed by atoms with Crippen molar-refractivity contribution in [2.24, 2.45) is 4.99 Å². The first kappa shape index (κ1) is 20.0. The Bertz CT molecular complexity index is 1340. The maximum Gasteiger partial charge on any atom is 0.264 e. The van der Waals surface area contributed by atoms with E-state index in [1.165, 1.54) is 11.8 Å². The number of amides is 1. The lowest BCUT2D eigenvalue weighted by Crippen LogP contribution is -2.19. The molecule has 2 heterocycles. The van der Waals surface area contributed by atoms with Crippen molar-refractivity contribution in [2.45, 2.75) is 6.92 Å². The summed E-state index contributed by atoms with van der Waals surface area (Å²) in [5.41, 5.74) is 5.58. The Morgan fingerprint density at radius 3 is 2.47 bits per heavy atom. The quantitative estimate of drug-likeness (QED) is 0.415. The molecule has 6 heteroatoms. The van der Waals surface area contributed by atoms with Crippen LogP contribution in [0.2, 0.25) is 0 Å². The fourth-order valence-corrected chi connectivity index (χ4v) is 4.30. The SMILES string of the molecule is Cc1cccc(N=C2NC(=O)/C(=C\c3cn(-c4ccccc4)nc3-c3ccccc3)S2)c1. The third-order valence-electron chi connectivity index (χ3n) is 4.98. The van der Waals surface area contributed by atoms with E-state index >= 15 is 0 Å². The summed E-state index contributed by atoms with van der Waals surface area (Å²) in [5, 5.41) is 8.26. The molecule has 3 aromatic carbocycles. The van der Waals surface area contributed by atoms with Crippen LogP contribution in [0.15, 0.2) is 101 Å². The van der Waals surface area contributed by atoms with Crippen LogP contribution < -0.4 is 5.32 Å². The predicted octanol–water partition coefficient (Wildman–Crippen LogP) is 5.74. The van der Waals surface area contributed by atoms with Crippen molar-refractivity contribution < 1.29 is 4.79 Å². The summed E-state index contributed by atoms with van der Waals surface area (Å²) in [5.74, 6) is -0.159. The normalized spacial score (nSPS) is 16.0. The van der Waals surface area contributed by atoms with Gasteiger partial charge in [-0.1, -0.05) is 60.7 Å². The second-order valence-electron chi connectivity index (χ2n) is 7.40. The monoisotopic (exact) mass is 436 g/mol. The van der Waals surface area contributed by atoms with E-state index in [1.54, 1.807) is 0 Å². The number of hydrogen-bond acceptors (Lipinski definition) is 4. The van der Waals surface area contributed by atoms with Crippen molar-refractivity contribution in [3.05, 3.63) is 107 Å². The van der Waals surface area contributed by atoms with Crippen LogP contribution in [-0.2, 0) is 4.79 Å². The first-order valence-electron chi connectivity index (χ1n) is 10.2. The molecular formula is C26H20N4OS. The van der Waals surface area contributed by atoms with Gasteiger partial charge in [-0.3, -0.25) is 4.79 Å². The number of carbonyl (C=O) groups excluding carboxylic acids is 1. The molecular weight excluding hydrogens is 416 g/mol. The van der Waals surface area contributed by atoms with Crippen molar-refractivity contribution in [1.29, 1.82) is 0 Å². The Balaban J connectivity index is 1.52. The van der Waals surface area contributed by atoms with Gasteiger partial charge in [0.05, 0.1) is 22.0 Å². The van der Waals surface area contributed by atoms with E-state index in [1.807, 2.05) is 109 Å². The van der Waals surface area contributed by atoms with Gasteiger partial charge in [0, 0.05) is 17.3 Å². The molecule has 0 aliphatic carbocycles. The maximum atomic E-state index is 12.7. The van der Waals surface area contributed by atoms with Gasteiger partial charge in [-0.05, 0) is 54.6 Å². The van der Waals surface area contributed by atoms with Crippen LogP contribution in [0.1, 0.15) is 11.1 Å². The molecule has 4 aromatic rings.